The summed E-state index contributed by atoms with van der Waals surface area (Å²) >= 11 is 0. The van der Waals surface area contributed by atoms with Gasteiger partial charge in [0.15, 0.2) is 0 Å². The number of nitrogens with zero attached hydrogens (tertiary/aromatic N) is 4. The van der Waals surface area contributed by atoms with E-state index in [4.69, 9.17) is 5.73 Å². The van der Waals surface area contributed by atoms with E-state index in [1.807, 2.05) is 0 Å². The molecule has 2 heterocycles. The van der Waals surface area contributed by atoms with E-state index in [9.17, 15) is 9.59 Å². The number of carbonyl (C=O) groups excluding carboxylic acids is 2. The lowest BCUT2D eigenvalue weighted by Crippen LogP contribution is -2.46. The Labute approximate surface area is 111 Å². The molecule has 8 nitrogen and oxygen atoms in total. The Morgan fingerprint density at radius 3 is 2.95 bits per heavy atom. The van der Waals surface area contributed by atoms with Gasteiger partial charge in [-0.1, -0.05) is 0 Å². The van der Waals surface area contributed by atoms with Gasteiger partial charge >= 0.3 is 0 Å². The summed E-state index contributed by atoms with van der Waals surface area (Å²) in [6.07, 6.45) is 4.12. The van der Waals surface area contributed by atoms with Gasteiger partial charge in [0.1, 0.15) is 12.7 Å². The van der Waals surface area contributed by atoms with Crippen LogP contribution in [0, 0.1) is 0 Å². The van der Waals surface area contributed by atoms with Gasteiger partial charge in [0, 0.05) is 19.0 Å². The predicted molar refractivity (Wildman–Crippen MR) is 66.8 cm³/mol. The normalized spacial score (nSPS) is 18.4. The molecule has 0 aromatic carbocycles. The van der Waals surface area contributed by atoms with Gasteiger partial charge < -0.3 is 16.0 Å². The summed E-state index contributed by atoms with van der Waals surface area (Å²) in [5.41, 5.74) is 5.21. The number of rotatable bonds is 6. The topological polar surface area (TPSA) is 106 Å². The van der Waals surface area contributed by atoms with Gasteiger partial charge in [-0.05, 0) is 13.0 Å². The number of carbonyl (C=O) groups is 2. The molecule has 1 fully saturated rings. The van der Waals surface area contributed by atoms with Crippen LogP contribution in [-0.2, 0) is 16.1 Å². The zero-order valence-electron chi connectivity index (χ0n) is 10.7. The average Bonchev–Trinajstić information content (AvgIpc) is 3.05. The van der Waals surface area contributed by atoms with Crippen molar-refractivity contribution in [3.8, 4) is 0 Å². The molecule has 8 heteroatoms. The third-order valence-electron chi connectivity index (χ3n) is 3.14. The second-order valence-corrected chi connectivity index (χ2v) is 4.54. The van der Waals surface area contributed by atoms with Crippen molar-refractivity contribution in [3.05, 3.63) is 12.7 Å². The first-order valence-electron chi connectivity index (χ1n) is 6.27. The quantitative estimate of drug-likeness (QED) is 0.641. The molecule has 104 valence electrons. The van der Waals surface area contributed by atoms with Crippen LogP contribution in [0.3, 0.4) is 0 Å². The highest BCUT2D eigenvalue weighted by Crippen LogP contribution is 2.10. The first kappa shape index (κ1) is 13.5. The molecule has 1 aromatic rings. The molecule has 3 N–H and O–H groups in total. The van der Waals surface area contributed by atoms with E-state index in [0.717, 1.165) is 13.0 Å². The van der Waals surface area contributed by atoms with E-state index < -0.39 is 5.91 Å². The Morgan fingerprint density at radius 2 is 2.37 bits per heavy atom. The fourth-order valence-corrected chi connectivity index (χ4v) is 2.20. The molecule has 19 heavy (non-hydrogen) atoms. The lowest BCUT2D eigenvalue weighted by molar-refractivity contribution is -0.137. The predicted octanol–water partition coefficient (Wildman–Crippen LogP) is -1.66. The van der Waals surface area contributed by atoms with Gasteiger partial charge in [0.2, 0.25) is 11.8 Å². The Kier molecular flexibility index (Phi) is 4.45. The van der Waals surface area contributed by atoms with E-state index >= 15 is 0 Å². The van der Waals surface area contributed by atoms with E-state index in [1.54, 1.807) is 15.9 Å². The molecule has 0 saturated carbocycles. The second-order valence-electron chi connectivity index (χ2n) is 4.54. The molecule has 1 atom stereocenters. The largest absolute Gasteiger partial charge is 0.368 e. The van der Waals surface area contributed by atoms with Crippen LogP contribution in [0.4, 0.5) is 0 Å². The molecular weight excluding hydrogens is 248 g/mol. The zero-order chi connectivity index (χ0) is 13.7. The van der Waals surface area contributed by atoms with Crippen molar-refractivity contribution in [3.63, 3.8) is 0 Å². The summed E-state index contributed by atoms with van der Waals surface area (Å²) in [4.78, 5) is 28.7. The minimum atomic E-state index is -0.485. The monoisotopic (exact) mass is 266 g/mol. The minimum absolute atomic E-state index is 0.0253. The molecule has 0 bridgehead atoms. The van der Waals surface area contributed by atoms with Crippen LogP contribution in [-0.4, -0.2) is 57.2 Å². The third kappa shape index (κ3) is 3.75. The van der Waals surface area contributed by atoms with E-state index in [2.05, 4.69) is 15.4 Å². The standard InChI is InChI=1S/C11H18N6O2/c12-10(18)6-17(9-1-3-13-5-9)11(19)2-4-16-8-14-7-15-16/h7-9,13H,1-6H2,(H2,12,18). The van der Waals surface area contributed by atoms with Crippen LogP contribution in [0.1, 0.15) is 12.8 Å². The van der Waals surface area contributed by atoms with Crippen LogP contribution < -0.4 is 11.1 Å². The molecular formula is C11H18N6O2. The molecule has 1 unspecified atom stereocenters. The molecule has 1 saturated heterocycles. The molecule has 0 spiro atoms. The van der Waals surface area contributed by atoms with Gasteiger partial charge in [-0.15, -0.1) is 0 Å². The Bertz CT molecular complexity index is 426. The summed E-state index contributed by atoms with van der Waals surface area (Å²) in [6, 6.07) is 0.0516. The number of hydrogen-bond donors (Lipinski definition) is 2. The van der Waals surface area contributed by atoms with E-state index in [0.29, 0.717) is 13.1 Å². The number of nitrogens with two attached hydrogens (primary N) is 1. The Balaban J connectivity index is 1.92. The number of aromatic nitrogens is 3. The van der Waals surface area contributed by atoms with Crippen molar-refractivity contribution in [2.45, 2.75) is 25.4 Å². The lowest BCUT2D eigenvalue weighted by Gasteiger charge is -2.27. The van der Waals surface area contributed by atoms with Crippen molar-refractivity contribution in [1.82, 2.24) is 25.0 Å². The molecule has 0 aliphatic carbocycles. The first-order valence-corrected chi connectivity index (χ1v) is 6.27. The number of nitrogens with one attached hydrogen (secondary N) is 1. The highest BCUT2D eigenvalue weighted by Gasteiger charge is 2.27. The van der Waals surface area contributed by atoms with Crippen LogP contribution in [0.25, 0.3) is 0 Å². The smallest absolute Gasteiger partial charge is 0.237 e. The summed E-state index contributed by atoms with van der Waals surface area (Å²) < 4.78 is 1.59. The van der Waals surface area contributed by atoms with Crippen molar-refractivity contribution in [1.29, 1.82) is 0 Å². The molecule has 2 amide bonds. The number of primary amides is 1. The summed E-state index contributed by atoms with van der Waals surface area (Å²) in [6.45, 7) is 2.00. The summed E-state index contributed by atoms with van der Waals surface area (Å²) in [5.74, 6) is -0.566. The fraction of sp³-hybridized carbons (Fsp3) is 0.636. The van der Waals surface area contributed by atoms with Crippen LogP contribution >= 0.6 is 0 Å². The third-order valence-corrected chi connectivity index (χ3v) is 3.14. The highest BCUT2D eigenvalue weighted by atomic mass is 16.2. The van der Waals surface area contributed by atoms with Crippen molar-refractivity contribution in [2.24, 2.45) is 5.73 Å². The van der Waals surface area contributed by atoms with Crippen molar-refractivity contribution < 1.29 is 9.59 Å². The van der Waals surface area contributed by atoms with Gasteiger partial charge in [0.05, 0.1) is 13.1 Å². The first-order chi connectivity index (χ1) is 9.16. The summed E-state index contributed by atoms with van der Waals surface area (Å²) in [7, 11) is 0. The van der Waals surface area contributed by atoms with Crippen molar-refractivity contribution in [2.75, 3.05) is 19.6 Å². The maximum absolute atomic E-state index is 12.2. The second kappa shape index (κ2) is 6.28. The number of hydrogen-bond acceptors (Lipinski definition) is 5. The SMILES string of the molecule is NC(=O)CN(C(=O)CCn1cncn1)C1CCNC1. The van der Waals surface area contributed by atoms with E-state index in [1.165, 1.54) is 6.33 Å². The zero-order valence-corrected chi connectivity index (χ0v) is 10.7. The Hall–Kier alpha value is -1.96. The fourth-order valence-electron chi connectivity index (χ4n) is 2.20. The molecule has 2 rings (SSSR count). The molecule has 0 radical (unpaired) electrons. The van der Waals surface area contributed by atoms with Gasteiger partial charge in [-0.2, -0.15) is 5.10 Å². The maximum atomic E-state index is 12.2. The lowest BCUT2D eigenvalue weighted by atomic mass is 10.2. The van der Waals surface area contributed by atoms with Crippen LogP contribution in [0.2, 0.25) is 0 Å². The van der Waals surface area contributed by atoms with Crippen molar-refractivity contribution >= 4 is 11.8 Å². The molecule has 1 aromatic heterocycles. The van der Waals surface area contributed by atoms with Gasteiger partial charge in [0.25, 0.3) is 0 Å². The molecule has 1 aliphatic rings. The number of amides is 2. The maximum Gasteiger partial charge on any atom is 0.237 e. The average molecular weight is 266 g/mol. The van der Waals surface area contributed by atoms with Crippen LogP contribution in [0.5, 0.6) is 0 Å². The van der Waals surface area contributed by atoms with E-state index in [-0.39, 0.29) is 24.9 Å². The molecule has 1 aliphatic heterocycles. The minimum Gasteiger partial charge on any atom is -0.368 e. The Morgan fingerprint density at radius 1 is 1.53 bits per heavy atom. The number of aryl methyl sites for hydroxylation is 1. The van der Waals surface area contributed by atoms with Crippen LogP contribution in [0.15, 0.2) is 12.7 Å². The van der Waals surface area contributed by atoms with Gasteiger partial charge in [-0.25, -0.2) is 4.98 Å². The summed E-state index contributed by atoms with van der Waals surface area (Å²) in [5, 5.41) is 7.11. The van der Waals surface area contributed by atoms with Gasteiger partial charge in [-0.3, -0.25) is 14.3 Å². The highest BCUT2D eigenvalue weighted by molar-refractivity contribution is 5.84.